The highest BCUT2D eigenvalue weighted by atomic mass is 32.2. The van der Waals surface area contributed by atoms with E-state index in [9.17, 15) is 4.79 Å². The van der Waals surface area contributed by atoms with Gasteiger partial charge in [-0.05, 0) is 6.26 Å². The van der Waals surface area contributed by atoms with Crippen LogP contribution in [0.25, 0.3) is 0 Å². The number of hydrogen-bond acceptors (Lipinski definition) is 7. The summed E-state index contributed by atoms with van der Waals surface area (Å²) >= 11 is 1.41. The Morgan fingerprint density at radius 2 is 2.38 bits per heavy atom. The third-order valence-electron chi connectivity index (χ3n) is 1.77. The molecule has 0 radical (unpaired) electrons. The molecule has 7 heteroatoms. The minimum Gasteiger partial charge on any atom is -0.469 e. The molecule has 0 atom stereocenters. The quantitative estimate of drug-likeness (QED) is 0.447. The molecule has 0 spiro atoms. The predicted molar refractivity (Wildman–Crippen MR) is 63.3 cm³/mol. The van der Waals surface area contributed by atoms with Gasteiger partial charge in [0.15, 0.2) is 5.16 Å². The zero-order valence-corrected chi connectivity index (χ0v) is 10.0. The number of carbonyl (C=O) groups is 1. The van der Waals surface area contributed by atoms with Crippen molar-refractivity contribution in [2.24, 2.45) is 0 Å². The van der Waals surface area contributed by atoms with Crippen molar-refractivity contribution in [3.63, 3.8) is 0 Å². The Hall–Kier alpha value is -1.50. The maximum Gasteiger partial charge on any atom is 0.307 e. The molecule has 0 saturated heterocycles. The maximum absolute atomic E-state index is 10.9. The molecule has 6 nitrogen and oxygen atoms in total. The van der Waals surface area contributed by atoms with Crippen LogP contribution in [0.15, 0.2) is 11.2 Å². The van der Waals surface area contributed by atoms with Crippen LogP contribution < -0.4 is 11.1 Å². The molecule has 1 aromatic rings. The van der Waals surface area contributed by atoms with Crippen LogP contribution in [0.1, 0.15) is 6.42 Å². The normalized spacial score (nSPS) is 9.88. The summed E-state index contributed by atoms with van der Waals surface area (Å²) in [5, 5.41) is 3.58. The predicted octanol–water partition coefficient (Wildman–Crippen LogP) is 0.756. The lowest BCUT2D eigenvalue weighted by Gasteiger charge is -2.06. The van der Waals surface area contributed by atoms with Crippen LogP contribution in [-0.2, 0) is 9.53 Å². The van der Waals surface area contributed by atoms with Gasteiger partial charge in [-0.2, -0.15) is 0 Å². The number of carbonyl (C=O) groups excluding carboxylic acids is 1. The molecule has 0 aliphatic heterocycles. The lowest BCUT2D eigenvalue weighted by molar-refractivity contribution is -0.140. The molecule has 3 N–H and O–H groups in total. The van der Waals surface area contributed by atoms with E-state index in [2.05, 4.69) is 20.0 Å². The zero-order valence-electron chi connectivity index (χ0n) is 9.19. The number of nitrogens with one attached hydrogen (secondary N) is 1. The average molecular weight is 242 g/mol. The van der Waals surface area contributed by atoms with Crippen molar-refractivity contribution in [3.05, 3.63) is 6.07 Å². The summed E-state index contributed by atoms with van der Waals surface area (Å²) in [5.41, 5.74) is 5.60. The summed E-state index contributed by atoms with van der Waals surface area (Å²) in [6.07, 6.45) is 2.15. The second-order valence-electron chi connectivity index (χ2n) is 2.92. The van der Waals surface area contributed by atoms with Gasteiger partial charge in [-0.25, -0.2) is 9.97 Å². The largest absolute Gasteiger partial charge is 0.469 e. The van der Waals surface area contributed by atoms with E-state index in [1.54, 1.807) is 6.07 Å². The summed E-state index contributed by atoms with van der Waals surface area (Å²) in [6, 6.07) is 1.62. The van der Waals surface area contributed by atoms with Gasteiger partial charge in [-0.1, -0.05) is 11.8 Å². The number of nitrogens with two attached hydrogens (primary N) is 1. The van der Waals surface area contributed by atoms with Crippen LogP contribution >= 0.6 is 11.8 Å². The van der Waals surface area contributed by atoms with Gasteiger partial charge < -0.3 is 15.8 Å². The number of thioether (sulfide) groups is 1. The third kappa shape index (κ3) is 3.93. The summed E-state index contributed by atoms with van der Waals surface area (Å²) in [6.45, 7) is 0.455. The van der Waals surface area contributed by atoms with E-state index < -0.39 is 0 Å². The number of rotatable bonds is 5. The van der Waals surface area contributed by atoms with Crippen molar-refractivity contribution >= 4 is 29.4 Å². The Morgan fingerprint density at radius 1 is 1.62 bits per heavy atom. The molecule has 88 valence electrons. The third-order valence-corrected chi connectivity index (χ3v) is 2.32. The lowest BCUT2D eigenvalue weighted by Crippen LogP contribution is -2.11. The number of nitrogen functional groups attached to an aromatic ring is 1. The molecule has 0 fully saturated rings. The van der Waals surface area contributed by atoms with Crippen LogP contribution in [-0.4, -0.2) is 35.8 Å². The Morgan fingerprint density at radius 3 is 3.00 bits per heavy atom. The van der Waals surface area contributed by atoms with Gasteiger partial charge in [-0.3, -0.25) is 4.79 Å². The second kappa shape index (κ2) is 6.16. The summed E-state index contributed by atoms with van der Waals surface area (Å²) in [5.74, 6) is 0.750. The molecule has 0 amide bonds. The molecule has 1 heterocycles. The monoisotopic (exact) mass is 242 g/mol. The molecular formula is C9H14N4O2S. The van der Waals surface area contributed by atoms with Gasteiger partial charge in [0.2, 0.25) is 0 Å². The van der Waals surface area contributed by atoms with E-state index in [-0.39, 0.29) is 12.4 Å². The molecule has 0 aliphatic rings. The van der Waals surface area contributed by atoms with Crippen LogP contribution in [0, 0.1) is 0 Å². The fraction of sp³-hybridized carbons (Fsp3) is 0.444. The minimum atomic E-state index is -0.264. The summed E-state index contributed by atoms with van der Waals surface area (Å²) in [7, 11) is 1.36. The first kappa shape index (κ1) is 12.6. The van der Waals surface area contributed by atoms with Crippen LogP contribution in [0.2, 0.25) is 0 Å². The number of methoxy groups -OCH3 is 1. The van der Waals surface area contributed by atoms with E-state index in [4.69, 9.17) is 5.73 Å². The van der Waals surface area contributed by atoms with Crippen molar-refractivity contribution in [1.82, 2.24) is 9.97 Å². The number of ether oxygens (including phenoxy) is 1. The Labute approximate surface area is 98.0 Å². The highest BCUT2D eigenvalue weighted by Crippen LogP contribution is 2.14. The summed E-state index contributed by atoms with van der Waals surface area (Å²) in [4.78, 5) is 19.1. The van der Waals surface area contributed by atoms with E-state index in [1.165, 1.54) is 18.9 Å². The fourth-order valence-electron chi connectivity index (χ4n) is 1.02. The van der Waals surface area contributed by atoms with Crippen molar-refractivity contribution < 1.29 is 9.53 Å². The molecule has 0 unspecified atom stereocenters. The van der Waals surface area contributed by atoms with Gasteiger partial charge in [0.1, 0.15) is 11.6 Å². The zero-order chi connectivity index (χ0) is 12.0. The average Bonchev–Trinajstić information content (AvgIpc) is 2.28. The molecule has 1 rings (SSSR count). The standard InChI is InChI=1S/C9H14N4O2S/c1-15-8(14)3-4-11-7-5-6(10)12-9(13-7)16-2/h5H,3-4H2,1-2H3,(H3,10,11,12,13). The smallest absolute Gasteiger partial charge is 0.307 e. The van der Waals surface area contributed by atoms with Gasteiger partial charge in [0, 0.05) is 12.6 Å². The number of anilines is 2. The SMILES string of the molecule is COC(=O)CCNc1cc(N)nc(SC)n1. The van der Waals surface area contributed by atoms with Gasteiger partial charge >= 0.3 is 5.97 Å². The molecule has 0 aromatic carbocycles. The van der Waals surface area contributed by atoms with Gasteiger partial charge in [0.05, 0.1) is 13.5 Å². The topological polar surface area (TPSA) is 90.1 Å². The van der Waals surface area contributed by atoms with Crippen molar-refractivity contribution in [1.29, 1.82) is 0 Å². The first-order valence-electron chi connectivity index (χ1n) is 4.65. The van der Waals surface area contributed by atoms with Crippen LogP contribution in [0.4, 0.5) is 11.6 Å². The van der Waals surface area contributed by atoms with E-state index in [0.717, 1.165) is 0 Å². The number of nitrogens with zero attached hydrogens (tertiary/aromatic N) is 2. The van der Waals surface area contributed by atoms with Gasteiger partial charge in [-0.15, -0.1) is 0 Å². The number of aromatic nitrogens is 2. The lowest BCUT2D eigenvalue weighted by atomic mass is 10.4. The van der Waals surface area contributed by atoms with Crippen molar-refractivity contribution in [3.8, 4) is 0 Å². The fourth-order valence-corrected chi connectivity index (χ4v) is 1.41. The number of esters is 1. The number of hydrogen-bond donors (Lipinski definition) is 2. The van der Waals surface area contributed by atoms with E-state index in [1.807, 2.05) is 6.26 Å². The highest BCUT2D eigenvalue weighted by Gasteiger charge is 2.03. The van der Waals surface area contributed by atoms with Crippen molar-refractivity contribution in [2.75, 3.05) is 31.0 Å². The minimum absolute atomic E-state index is 0.264. The summed E-state index contributed by atoms with van der Waals surface area (Å²) < 4.78 is 4.52. The molecule has 16 heavy (non-hydrogen) atoms. The van der Waals surface area contributed by atoms with Gasteiger partial charge in [0.25, 0.3) is 0 Å². The van der Waals surface area contributed by atoms with E-state index in [0.29, 0.717) is 23.3 Å². The molecule has 0 saturated carbocycles. The molecule has 0 bridgehead atoms. The van der Waals surface area contributed by atoms with Crippen LogP contribution in [0.5, 0.6) is 0 Å². The highest BCUT2D eigenvalue weighted by molar-refractivity contribution is 7.98. The molecular weight excluding hydrogens is 228 g/mol. The Balaban J connectivity index is 2.53. The first-order chi connectivity index (χ1) is 7.65. The first-order valence-corrected chi connectivity index (χ1v) is 5.87. The molecule has 1 aromatic heterocycles. The Bertz CT molecular complexity index is 373. The maximum atomic E-state index is 10.9. The van der Waals surface area contributed by atoms with Crippen molar-refractivity contribution in [2.45, 2.75) is 11.6 Å². The molecule has 0 aliphatic carbocycles. The van der Waals surface area contributed by atoms with Crippen LogP contribution in [0.3, 0.4) is 0 Å². The second-order valence-corrected chi connectivity index (χ2v) is 3.69. The Kier molecular flexibility index (Phi) is 4.84. The van der Waals surface area contributed by atoms with E-state index >= 15 is 0 Å².